The van der Waals surface area contributed by atoms with Gasteiger partial charge in [0.2, 0.25) is 0 Å². The molecule has 0 atom stereocenters. The second-order valence-electron chi connectivity index (χ2n) is 5.12. The first-order valence-electron chi connectivity index (χ1n) is 6.94. The number of amides is 1. The molecule has 1 aromatic rings. The van der Waals surface area contributed by atoms with Crippen molar-refractivity contribution < 1.29 is 19.9 Å². The van der Waals surface area contributed by atoms with E-state index in [1.165, 1.54) is 6.07 Å². The van der Waals surface area contributed by atoms with Crippen LogP contribution in [0.25, 0.3) is 0 Å². The van der Waals surface area contributed by atoms with Gasteiger partial charge in [0.1, 0.15) is 11.3 Å². The van der Waals surface area contributed by atoms with Gasteiger partial charge in [0.15, 0.2) is 0 Å². The molecule has 0 aliphatic heterocycles. The minimum absolute atomic E-state index is 0.0430. The predicted molar refractivity (Wildman–Crippen MR) is 75.1 cm³/mol. The van der Waals surface area contributed by atoms with Gasteiger partial charge >= 0.3 is 0 Å². The van der Waals surface area contributed by atoms with Crippen LogP contribution in [-0.2, 0) is 0 Å². The molecule has 0 unspecified atom stereocenters. The zero-order chi connectivity index (χ0) is 15.4. The molecule has 1 fully saturated rings. The van der Waals surface area contributed by atoms with E-state index in [4.69, 9.17) is 5.11 Å². The third-order valence-corrected chi connectivity index (χ3v) is 3.74. The minimum atomic E-state index is -0.627. The molecule has 0 aromatic heterocycles. The maximum absolute atomic E-state index is 12.6. The summed E-state index contributed by atoms with van der Waals surface area (Å²) in [6.07, 6.45) is 3.18. The molecular weight excluding hydrogens is 276 g/mol. The van der Waals surface area contributed by atoms with Crippen LogP contribution < -0.4 is 0 Å². The van der Waals surface area contributed by atoms with E-state index in [1.54, 1.807) is 4.90 Å². The van der Waals surface area contributed by atoms with Crippen LogP contribution in [0.3, 0.4) is 0 Å². The van der Waals surface area contributed by atoms with Gasteiger partial charge in [0.05, 0.1) is 4.92 Å². The number of hydrogen-bond donors (Lipinski definition) is 2. The van der Waals surface area contributed by atoms with E-state index in [0.717, 1.165) is 31.4 Å². The fourth-order valence-corrected chi connectivity index (χ4v) is 2.40. The van der Waals surface area contributed by atoms with Crippen molar-refractivity contribution in [1.29, 1.82) is 0 Å². The number of nitro groups is 1. The Hall–Kier alpha value is -2.15. The number of carbonyl (C=O) groups is 1. The Balaban J connectivity index is 2.30. The van der Waals surface area contributed by atoms with E-state index in [0.29, 0.717) is 13.0 Å². The average molecular weight is 294 g/mol. The lowest BCUT2D eigenvalue weighted by Crippen LogP contribution is -2.45. The number of phenolic OH excluding ortho intramolecular Hbond substituents is 1. The van der Waals surface area contributed by atoms with Gasteiger partial charge in [-0.05, 0) is 37.8 Å². The standard InChI is InChI=1S/C14H18N2O5/c17-8-2-7-15(10-3-1-4-10)14(19)12-9-11(18)5-6-13(12)16(20)21/h5-6,9-10,17-18H,1-4,7-8H2. The van der Waals surface area contributed by atoms with Crippen LogP contribution in [0.15, 0.2) is 18.2 Å². The molecule has 1 aliphatic carbocycles. The second-order valence-corrected chi connectivity index (χ2v) is 5.12. The van der Waals surface area contributed by atoms with Crippen molar-refractivity contribution in [3.63, 3.8) is 0 Å². The molecule has 1 amide bonds. The maximum Gasteiger partial charge on any atom is 0.282 e. The molecule has 0 radical (unpaired) electrons. The normalized spacial score (nSPS) is 14.5. The van der Waals surface area contributed by atoms with Crippen LogP contribution in [0, 0.1) is 10.1 Å². The van der Waals surface area contributed by atoms with Crippen molar-refractivity contribution in [3.8, 4) is 5.75 Å². The van der Waals surface area contributed by atoms with Crippen molar-refractivity contribution in [2.24, 2.45) is 0 Å². The van der Waals surface area contributed by atoms with Crippen molar-refractivity contribution in [1.82, 2.24) is 4.90 Å². The topological polar surface area (TPSA) is 104 Å². The highest BCUT2D eigenvalue weighted by atomic mass is 16.6. The van der Waals surface area contributed by atoms with Crippen LogP contribution in [0.5, 0.6) is 5.75 Å². The Kier molecular flexibility index (Phi) is 4.74. The second kappa shape index (κ2) is 6.53. The zero-order valence-electron chi connectivity index (χ0n) is 11.6. The number of phenols is 1. The van der Waals surface area contributed by atoms with Gasteiger partial charge in [-0.2, -0.15) is 0 Å². The highest BCUT2D eigenvalue weighted by molar-refractivity contribution is 5.98. The maximum atomic E-state index is 12.6. The van der Waals surface area contributed by atoms with Crippen LogP contribution in [0.4, 0.5) is 5.69 Å². The molecule has 114 valence electrons. The van der Waals surface area contributed by atoms with E-state index in [9.17, 15) is 20.0 Å². The number of aromatic hydroxyl groups is 1. The third-order valence-electron chi connectivity index (χ3n) is 3.74. The minimum Gasteiger partial charge on any atom is -0.508 e. The summed E-state index contributed by atoms with van der Waals surface area (Å²) in [4.78, 5) is 24.6. The zero-order valence-corrected chi connectivity index (χ0v) is 11.6. The first-order valence-corrected chi connectivity index (χ1v) is 6.94. The van der Waals surface area contributed by atoms with E-state index in [2.05, 4.69) is 0 Å². The molecule has 7 heteroatoms. The van der Waals surface area contributed by atoms with Gasteiger partial charge in [-0.15, -0.1) is 0 Å². The van der Waals surface area contributed by atoms with Crippen molar-refractivity contribution >= 4 is 11.6 Å². The quantitative estimate of drug-likeness (QED) is 0.613. The summed E-state index contributed by atoms with van der Waals surface area (Å²) >= 11 is 0. The summed E-state index contributed by atoms with van der Waals surface area (Å²) in [7, 11) is 0. The van der Waals surface area contributed by atoms with Crippen LogP contribution >= 0.6 is 0 Å². The van der Waals surface area contributed by atoms with Gasteiger partial charge in [-0.25, -0.2) is 0 Å². The lowest BCUT2D eigenvalue weighted by Gasteiger charge is -2.37. The molecule has 0 spiro atoms. The van der Waals surface area contributed by atoms with Crippen molar-refractivity contribution in [3.05, 3.63) is 33.9 Å². The number of hydrogen-bond acceptors (Lipinski definition) is 5. The number of rotatable bonds is 6. The molecule has 1 aromatic carbocycles. The predicted octanol–water partition coefficient (Wildman–Crippen LogP) is 1.68. The summed E-state index contributed by atoms with van der Waals surface area (Å²) < 4.78 is 0. The first-order chi connectivity index (χ1) is 10.0. The highest BCUT2D eigenvalue weighted by Crippen LogP contribution is 2.30. The van der Waals surface area contributed by atoms with Crippen LogP contribution in [0.2, 0.25) is 0 Å². The van der Waals surface area contributed by atoms with Gasteiger partial charge in [0, 0.05) is 25.3 Å². The van der Waals surface area contributed by atoms with Crippen LogP contribution in [-0.4, -0.2) is 45.1 Å². The van der Waals surface area contributed by atoms with Gasteiger partial charge in [-0.3, -0.25) is 14.9 Å². The average Bonchev–Trinajstić information content (AvgIpc) is 2.40. The fourth-order valence-electron chi connectivity index (χ4n) is 2.40. The van der Waals surface area contributed by atoms with E-state index >= 15 is 0 Å². The molecule has 0 saturated heterocycles. The summed E-state index contributed by atoms with van der Waals surface area (Å²) in [5.41, 5.74) is -0.420. The van der Waals surface area contributed by atoms with E-state index in [1.807, 2.05) is 0 Å². The number of nitrogens with zero attached hydrogens (tertiary/aromatic N) is 2. The highest BCUT2D eigenvalue weighted by Gasteiger charge is 2.32. The summed E-state index contributed by atoms with van der Waals surface area (Å²) in [6, 6.07) is 3.51. The monoisotopic (exact) mass is 294 g/mol. The Morgan fingerprint density at radius 3 is 2.67 bits per heavy atom. The number of aliphatic hydroxyl groups is 1. The molecule has 2 N–H and O–H groups in total. The van der Waals surface area contributed by atoms with E-state index in [-0.39, 0.29) is 29.6 Å². The molecule has 7 nitrogen and oxygen atoms in total. The smallest absolute Gasteiger partial charge is 0.282 e. The summed E-state index contributed by atoms with van der Waals surface area (Å²) in [5.74, 6) is -0.643. The molecular formula is C14H18N2O5. The molecule has 21 heavy (non-hydrogen) atoms. The Labute approximate surface area is 122 Å². The Morgan fingerprint density at radius 2 is 2.14 bits per heavy atom. The summed E-state index contributed by atoms with van der Waals surface area (Å²) in [6.45, 7) is 0.311. The molecule has 0 heterocycles. The van der Waals surface area contributed by atoms with Gasteiger partial charge in [0.25, 0.3) is 11.6 Å². The van der Waals surface area contributed by atoms with E-state index < -0.39 is 10.8 Å². The lowest BCUT2D eigenvalue weighted by molar-refractivity contribution is -0.385. The summed E-state index contributed by atoms with van der Waals surface area (Å²) in [5, 5.41) is 29.5. The Bertz CT molecular complexity index is 542. The molecule has 0 bridgehead atoms. The van der Waals surface area contributed by atoms with Gasteiger partial charge < -0.3 is 15.1 Å². The van der Waals surface area contributed by atoms with Crippen molar-refractivity contribution in [2.45, 2.75) is 31.7 Å². The molecule has 1 saturated carbocycles. The first kappa shape index (κ1) is 15.2. The third kappa shape index (κ3) is 3.30. The molecule has 1 aliphatic rings. The Morgan fingerprint density at radius 1 is 1.43 bits per heavy atom. The fraction of sp³-hybridized carbons (Fsp3) is 0.500. The number of benzene rings is 1. The molecule has 2 rings (SSSR count). The number of nitro benzene ring substituents is 1. The SMILES string of the molecule is O=C(c1cc(O)ccc1[N+](=O)[O-])N(CCCO)C1CCC1. The van der Waals surface area contributed by atoms with Crippen LogP contribution in [0.1, 0.15) is 36.0 Å². The lowest BCUT2D eigenvalue weighted by atomic mass is 9.90. The number of carbonyl (C=O) groups excluding carboxylic acids is 1. The van der Waals surface area contributed by atoms with Crippen molar-refractivity contribution in [2.75, 3.05) is 13.2 Å². The number of aliphatic hydroxyl groups excluding tert-OH is 1. The largest absolute Gasteiger partial charge is 0.508 e. The van der Waals surface area contributed by atoms with Gasteiger partial charge in [-0.1, -0.05) is 0 Å².